The number of nitrogens with two attached hydrogens (primary N) is 1. The zero-order valence-corrected chi connectivity index (χ0v) is 17.0. The Hall–Kier alpha value is -2.18. The van der Waals surface area contributed by atoms with Crippen molar-refractivity contribution in [1.82, 2.24) is 4.90 Å². The molecule has 0 spiro atoms. The molecule has 1 aromatic carbocycles. The summed E-state index contributed by atoms with van der Waals surface area (Å²) in [7, 11) is 0. The largest absolute Gasteiger partial charge is 0.441 e. The molecule has 2 amide bonds. The lowest BCUT2D eigenvalue weighted by Crippen LogP contribution is -2.49. The molecule has 1 fully saturated rings. The van der Waals surface area contributed by atoms with Crippen molar-refractivity contribution in [3.63, 3.8) is 0 Å². The predicted octanol–water partition coefficient (Wildman–Crippen LogP) is 3.77. The quantitative estimate of drug-likeness (QED) is 0.781. The van der Waals surface area contributed by atoms with Crippen LogP contribution < -0.4 is 10.6 Å². The van der Waals surface area contributed by atoms with E-state index in [1.165, 1.54) is 0 Å². The molecule has 8 heteroatoms. The second-order valence-electron chi connectivity index (χ2n) is 6.78. The van der Waals surface area contributed by atoms with E-state index in [-0.39, 0.29) is 12.3 Å². The predicted molar refractivity (Wildman–Crippen MR) is 111 cm³/mol. The van der Waals surface area contributed by atoms with Crippen LogP contribution >= 0.6 is 23.2 Å². The second kappa shape index (κ2) is 9.34. The minimum Gasteiger partial charge on any atom is -0.441 e. The van der Waals surface area contributed by atoms with Crippen LogP contribution in [-0.2, 0) is 9.53 Å². The van der Waals surface area contributed by atoms with Crippen molar-refractivity contribution in [2.45, 2.75) is 25.4 Å². The van der Waals surface area contributed by atoms with Gasteiger partial charge in [-0.25, -0.2) is 4.79 Å². The lowest BCUT2D eigenvalue weighted by molar-refractivity contribution is -0.133. The van der Waals surface area contributed by atoms with Gasteiger partial charge in [0.1, 0.15) is 6.10 Å². The highest BCUT2D eigenvalue weighted by molar-refractivity contribution is 6.42. The number of benzene rings is 1. The molecule has 1 unspecified atom stereocenters. The third-order valence-electron chi connectivity index (χ3n) is 4.91. The molecule has 1 aliphatic carbocycles. The van der Waals surface area contributed by atoms with Crippen molar-refractivity contribution in [1.29, 1.82) is 0 Å². The average Bonchev–Trinajstić information content (AvgIpc) is 2.70. The normalized spacial score (nSPS) is 17.9. The van der Waals surface area contributed by atoms with Crippen LogP contribution in [0.4, 0.5) is 10.5 Å². The first-order valence-corrected chi connectivity index (χ1v) is 10.00. The molecule has 2 N–H and O–H groups in total. The number of hydrogen-bond donors (Lipinski definition) is 1. The SMILES string of the molecule is NC(=O)OC(CC(=O)N1CCN(c2ccc(Cl)c(Cl)c2)CC1)C1=CCCC=C1. The van der Waals surface area contributed by atoms with Crippen LogP contribution in [0.3, 0.4) is 0 Å². The molecule has 0 bridgehead atoms. The zero-order valence-electron chi connectivity index (χ0n) is 15.4. The minimum atomic E-state index is -0.873. The van der Waals surface area contributed by atoms with Crippen LogP contribution in [0.2, 0.25) is 10.0 Å². The van der Waals surface area contributed by atoms with Crippen molar-refractivity contribution in [2.24, 2.45) is 5.73 Å². The van der Waals surface area contributed by atoms with E-state index < -0.39 is 12.2 Å². The van der Waals surface area contributed by atoms with E-state index in [0.29, 0.717) is 36.2 Å². The number of rotatable bonds is 5. The van der Waals surface area contributed by atoms with Gasteiger partial charge in [0.05, 0.1) is 16.5 Å². The highest BCUT2D eigenvalue weighted by atomic mass is 35.5. The molecule has 1 heterocycles. The average molecular weight is 424 g/mol. The topological polar surface area (TPSA) is 75.9 Å². The smallest absolute Gasteiger partial charge is 0.405 e. The molecule has 28 heavy (non-hydrogen) atoms. The number of anilines is 1. The fraction of sp³-hybridized carbons (Fsp3) is 0.400. The molecular formula is C20H23Cl2N3O3. The van der Waals surface area contributed by atoms with Crippen LogP contribution in [0.25, 0.3) is 0 Å². The van der Waals surface area contributed by atoms with Gasteiger partial charge < -0.3 is 20.3 Å². The Kier molecular flexibility index (Phi) is 6.86. The van der Waals surface area contributed by atoms with E-state index in [4.69, 9.17) is 33.7 Å². The summed E-state index contributed by atoms with van der Waals surface area (Å²) in [5, 5.41) is 1.03. The van der Waals surface area contributed by atoms with E-state index in [9.17, 15) is 9.59 Å². The Balaban J connectivity index is 1.58. The summed E-state index contributed by atoms with van der Waals surface area (Å²) in [5.74, 6) is -0.0556. The monoisotopic (exact) mass is 423 g/mol. The molecular weight excluding hydrogens is 401 g/mol. The Labute approximate surface area is 174 Å². The number of nitrogens with zero attached hydrogens (tertiary/aromatic N) is 2. The first-order valence-electron chi connectivity index (χ1n) is 9.24. The van der Waals surface area contributed by atoms with Gasteiger partial charge in [-0.2, -0.15) is 0 Å². The van der Waals surface area contributed by atoms with Gasteiger partial charge in [-0.15, -0.1) is 0 Å². The van der Waals surface area contributed by atoms with Crippen molar-refractivity contribution in [2.75, 3.05) is 31.1 Å². The van der Waals surface area contributed by atoms with Crippen LogP contribution in [0.15, 0.2) is 42.0 Å². The maximum Gasteiger partial charge on any atom is 0.405 e. The molecule has 0 radical (unpaired) electrons. The standard InChI is InChI=1S/C20H23Cl2N3O3/c21-16-7-6-15(12-17(16)22)24-8-10-25(11-9-24)19(26)13-18(28-20(23)27)14-4-2-1-3-5-14/h2,4-7,12,18H,1,3,8-11,13H2,(H2,23,27). The number of carbonyl (C=O) groups is 2. The van der Waals surface area contributed by atoms with Crippen LogP contribution in [0, 0.1) is 0 Å². The third-order valence-corrected chi connectivity index (χ3v) is 5.65. The Morgan fingerprint density at radius 2 is 1.86 bits per heavy atom. The van der Waals surface area contributed by atoms with Crippen molar-refractivity contribution < 1.29 is 14.3 Å². The summed E-state index contributed by atoms with van der Waals surface area (Å²) in [6.45, 7) is 2.54. The highest BCUT2D eigenvalue weighted by Gasteiger charge is 2.27. The Morgan fingerprint density at radius 1 is 1.11 bits per heavy atom. The zero-order chi connectivity index (χ0) is 20.1. The van der Waals surface area contributed by atoms with Gasteiger partial charge in [0, 0.05) is 31.9 Å². The van der Waals surface area contributed by atoms with Crippen LogP contribution in [-0.4, -0.2) is 49.2 Å². The van der Waals surface area contributed by atoms with Crippen LogP contribution in [0.5, 0.6) is 0 Å². The number of primary amides is 1. The van der Waals surface area contributed by atoms with Gasteiger partial charge in [0.2, 0.25) is 5.91 Å². The number of amides is 2. The molecule has 2 aliphatic rings. The molecule has 1 aromatic rings. The molecule has 0 aromatic heterocycles. The van der Waals surface area contributed by atoms with Crippen LogP contribution in [0.1, 0.15) is 19.3 Å². The van der Waals surface area contributed by atoms with Gasteiger partial charge >= 0.3 is 6.09 Å². The minimum absolute atomic E-state index is 0.0556. The van der Waals surface area contributed by atoms with E-state index >= 15 is 0 Å². The number of ether oxygens (including phenoxy) is 1. The van der Waals surface area contributed by atoms with Gasteiger partial charge in [-0.3, -0.25) is 4.79 Å². The van der Waals surface area contributed by atoms with Crippen molar-refractivity contribution in [3.8, 4) is 0 Å². The first kappa shape index (κ1) is 20.6. The van der Waals surface area contributed by atoms with Gasteiger partial charge in [-0.05, 0) is 36.6 Å². The lowest BCUT2D eigenvalue weighted by atomic mass is 9.99. The van der Waals surface area contributed by atoms with E-state index in [2.05, 4.69) is 4.90 Å². The number of piperazine rings is 1. The Bertz CT molecular complexity index is 802. The molecule has 0 saturated carbocycles. The van der Waals surface area contributed by atoms with Gasteiger partial charge in [0.15, 0.2) is 0 Å². The summed E-state index contributed by atoms with van der Waals surface area (Å²) in [6.07, 6.45) is 6.27. The molecule has 1 aliphatic heterocycles. The van der Waals surface area contributed by atoms with Crippen molar-refractivity contribution >= 4 is 40.9 Å². The third kappa shape index (κ3) is 5.20. The highest BCUT2D eigenvalue weighted by Crippen LogP contribution is 2.28. The van der Waals surface area contributed by atoms with E-state index in [1.807, 2.05) is 30.4 Å². The number of hydrogen-bond acceptors (Lipinski definition) is 4. The second-order valence-corrected chi connectivity index (χ2v) is 7.59. The maximum atomic E-state index is 12.8. The van der Waals surface area contributed by atoms with E-state index in [1.54, 1.807) is 11.0 Å². The molecule has 1 atom stereocenters. The van der Waals surface area contributed by atoms with Gasteiger partial charge in [0.25, 0.3) is 0 Å². The fourth-order valence-corrected chi connectivity index (χ4v) is 3.72. The summed E-state index contributed by atoms with van der Waals surface area (Å²) >= 11 is 12.1. The molecule has 1 saturated heterocycles. The number of allylic oxidation sites excluding steroid dienone is 2. The summed E-state index contributed by atoms with van der Waals surface area (Å²) in [6, 6.07) is 5.53. The summed E-state index contributed by atoms with van der Waals surface area (Å²) in [4.78, 5) is 28.0. The summed E-state index contributed by atoms with van der Waals surface area (Å²) in [5.41, 5.74) is 7.00. The molecule has 150 valence electrons. The molecule has 6 nitrogen and oxygen atoms in total. The fourth-order valence-electron chi connectivity index (χ4n) is 3.42. The van der Waals surface area contributed by atoms with Gasteiger partial charge in [-0.1, -0.05) is 41.4 Å². The lowest BCUT2D eigenvalue weighted by Gasteiger charge is -2.36. The Morgan fingerprint density at radius 3 is 2.46 bits per heavy atom. The summed E-state index contributed by atoms with van der Waals surface area (Å²) < 4.78 is 5.20. The van der Waals surface area contributed by atoms with E-state index in [0.717, 1.165) is 24.1 Å². The maximum absolute atomic E-state index is 12.8. The molecule has 3 rings (SSSR count). The number of halogens is 2. The van der Waals surface area contributed by atoms with Crippen molar-refractivity contribution in [3.05, 3.63) is 52.0 Å². The first-order chi connectivity index (χ1) is 13.4. The number of carbonyl (C=O) groups excluding carboxylic acids is 2.